The smallest absolute Gasteiger partial charge is 0.243 e. The average Bonchev–Trinajstić information content (AvgIpc) is 3.06. The van der Waals surface area contributed by atoms with Gasteiger partial charge in [0.15, 0.2) is 11.5 Å². The summed E-state index contributed by atoms with van der Waals surface area (Å²) in [5.41, 5.74) is 5.20. The molecule has 0 saturated heterocycles. The van der Waals surface area contributed by atoms with Crippen molar-refractivity contribution in [1.29, 1.82) is 0 Å². The highest BCUT2D eigenvalue weighted by Gasteiger charge is 2.29. The van der Waals surface area contributed by atoms with Crippen molar-refractivity contribution in [2.24, 2.45) is 0 Å². The number of hydrogen-bond acceptors (Lipinski definition) is 8. The quantitative estimate of drug-likeness (QED) is 0.343. The molecule has 11 heteroatoms. The number of methoxy groups -OCH3 is 3. The lowest BCUT2D eigenvalue weighted by Crippen LogP contribution is -2.27. The van der Waals surface area contributed by atoms with Gasteiger partial charge in [-0.3, -0.25) is 19.1 Å². The fraction of sp³-hybridized carbons (Fsp3) is 0.419. The van der Waals surface area contributed by atoms with Crippen LogP contribution in [0, 0.1) is 13.8 Å². The van der Waals surface area contributed by atoms with Crippen LogP contribution in [0.15, 0.2) is 29.1 Å². The molecule has 0 radical (unpaired) electrons. The third-order valence-corrected chi connectivity index (χ3v) is 7.43. The van der Waals surface area contributed by atoms with Gasteiger partial charge in [-0.1, -0.05) is 6.07 Å². The molecule has 2 aromatic carbocycles. The number of amides is 2. The van der Waals surface area contributed by atoms with Crippen molar-refractivity contribution >= 4 is 23.2 Å². The molecular weight excluding hydrogens is 538 g/mol. The minimum atomic E-state index is -0.425. The third-order valence-electron chi connectivity index (χ3n) is 7.43. The Morgan fingerprint density at radius 1 is 1.07 bits per heavy atom. The summed E-state index contributed by atoms with van der Waals surface area (Å²) in [7, 11) is 4.65. The Bertz CT molecular complexity index is 1580. The normalized spacial score (nSPS) is 13.9. The first-order chi connectivity index (χ1) is 20.0. The molecule has 1 aromatic heterocycles. The van der Waals surface area contributed by atoms with E-state index >= 15 is 0 Å². The zero-order valence-corrected chi connectivity index (χ0v) is 25.4. The lowest BCUT2D eigenvalue weighted by molar-refractivity contribution is -0.119. The van der Waals surface area contributed by atoms with Crippen molar-refractivity contribution in [3.63, 3.8) is 0 Å². The maximum atomic E-state index is 13.5. The predicted octanol–water partition coefficient (Wildman–Crippen LogP) is 4.31. The van der Waals surface area contributed by atoms with Crippen LogP contribution in [0.1, 0.15) is 61.8 Å². The van der Waals surface area contributed by atoms with Gasteiger partial charge in [0.1, 0.15) is 0 Å². The Labute approximate surface area is 245 Å². The molecular formula is C31H39N5O6. The number of rotatable bonds is 9. The van der Waals surface area contributed by atoms with Gasteiger partial charge < -0.3 is 30.2 Å². The zero-order chi connectivity index (χ0) is 30.7. The van der Waals surface area contributed by atoms with Gasteiger partial charge in [-0.2, -0.15) is 5.10 Å². The summed E-state index contributed by atoms with van der Waals surface area (Å²) in [5, 5.41) is 13.4. The van der Waals surface area contributed by atoms with Crippen molar-refractivity contribution in [3.8, 4) is 28.4 Å². The van der Waals surface area contributed by atoms with Crippen molar-refractivity contribution in [1.82, 2.24) is 15.1 Å². The zero-order valence-electron chi connectivity index (χ0n) is 25.4. The maximum absolute atomic E-state index is 13.5. The van der Waals surface area contributed by atoms with Crippen LogP contribution in [-0.4, -0.2) is 49.5 Å². The first-order valence-corrected chi connectivity index (χ1v) is 13.9. The fourth-order valence-electron chi connectivity index (χ4n) is 5.56. The summed E-state index contributed by atoms with van der Waals surface area (Å²) in [4.78, 5) is 38.6. The molecule has 1 aliphatic rings. The highest BCUT2D eigenvalue weighted by Crippen LogP contribution is 2.50. The number of fused-ring (bicyclic) bond motifs is 3. The van der Waals surface area contributed by atoms with Gasteiger partial charge in [0.05, 0.1) is 56.7 Å². The monoisotopic (exact) mass is 577 g/mol. The molecule has 4 rings (SSSR count). The molecule has 0 aliphatic heterocycles. The Morgan fingerprint density at radius 3 is 2.38 bits per heavy atom. The first-order valence-electron chi connectivity index (χ1n) is 13.9. The van der Waals surface area contributed by atoms with E-state index in [4.69, 9.17) is 14.2 Å². The highest BCUT2D eigenvalue weighted by atomic mass is 16.5. The number of aromatic nitrogens is 2. The van der Waals surface area contributed by atoms with Crippen LogP contribution in [-0.2, 0) is 16.0 Å². The molecule has 2 amide bonds. The standard InChI is InChI=1S/C31H39N5O6/c1-16(2)36-18(4)29(17(3)35-36)34-27(39)15-32-24-12-10-21-22(14-25(24)38)23(33-19(5)37)11-9-20-13-26(40-6)30(41-7)31(42-8)28(20)21/h10,12-14,16,23H,9,11,15H2,1-8H3,(H,32,38)(H,33,37)(H,34,39). The van der Waals surface area contributed by atoms with Crippen LogP contribution in [0.2, 0.25) is 0 Å². The number of carbonyl (C=O) groups excluding carboxylic acids is 2. The molecule has 3 aromatic rings. The molecule has 0 saturated carbocycles. The van der Waals surface area contributed by atoms with Crippen molar-refractivity contribution in [2.45, 2.75) is 59.5 Å². The molecule has 0 spiro atoms. The van der Waals surface area contributed by atoms with Crippen molar-refractivity contribution in [2.75, 3.05) is 38.5 Å². The first kappa shape index (κ1) is 30.4. The minimum absolute atomic E-state index is 0.129. The van der Waals surface area contributed by atoms with Gasteiger partial charge in [-0.25, -0.2) is 0 Å². The number of hydrogen-bond donors (Lipinski definition) is 3. The number of nitrogens with zero attached hydrogens (tertiary/aromatic N) is 2. The number of ether oxygens (including phenoxy) is 3. The van der Waals surface area contributed by atoms with E-state index in [0.29, 0.717) is 46.9 Å². The fourth-order valence-corrected chi connectivity index (χ4v) is 5.56. The average molecular weight is 578 g/mol. The maximum Gasteiger partial charge on any atom is 0.243 e. The van der Waals surface area contributed by atoms with E-state index in [2.05, 4.69) is 21.0 Å². The molecule has 1 unspecified atom stereocenters. The molecule has 42 heavy (non-hydrogen) atoms. The lowest BCUT2D eigenvalue weighted by Gasteiger charge is -2.19. The molecule has 11 nitrogen and oxygen atoms in total. The molecule has 1 atom stereocenters. The molecule has 3 N–H and O–H groups in total. The summed E-state index contributed by atoms with van der Waals surface area (Å²) in [6.45, 7) is 9.12. The van der Waals surface area contributed by atoms with E-state index in [9.17, 15) is 14.4 Å². The second kappa shape index (κ2) is 12.5. The van der Waals surface area contributed by atoms with Crippen LogP contribution < -0.4 is 35.6 Å². The van der Waals surface area contributed by atoms with Gasteiger partial charge in [-0.05, 0) is 75.4 Å². The van der Waals surface area contributed by atoms with Crippen LogP contribution in [0.3, 0.4) is 0 Å². The minimum Gasteiger partial charge on any atom is -0.493 e. The topological polar surface area (TPSA) is 133 Å². The summed E-state index contributed by atoms with van der Waals surface area (Å²) in [6.07, 6.45) is 1.15. The SMILES string of the molecule is COc1cc2c(c(OC)c1OC)-c1ccc(NCC(=O)Nc3c(C)nn(C(C)C)c3C)c(=O)cc1C(NC(C)=O)CC2. The van der Waals surface area contributed by atoms with E-state index in [-0.39, 0.29) is 35.5 Å². The lowest BCUT2D eigenvalue weighted by atomic mass is 9.95. The van der Waals surface area contributed by atoms with Gasteiger partial charge in [0.25, 0.3) is 0 Å². The van der Waals surface area contributed by atoms with Crippen LogP contribution in [0.5, 0.6) is 17.2 Å². The second-order valence-corrected chi connectivity index (χ2v) is 10.6. The number of nitrogens with one attached hydrogen (secondary N) is 3. The molecule has 0 fully saturated rings. The third kappa shape index (κ3) is 5.90. The summed E-state index contributed by atoms with van der Waals surface area (Å²) >= 11 is 0. The Hall–Kier alpha value is -4.54. The van der Waals surface area contributed by atoms with E-state index in [1.54, 1.807) is 20.3 Å². The van der Waals surface area contributed by atoms with Gasteiger partial charge in [0, 0.05) is 18.5 Å². The molecule has 1 heterocycles. The number of anilines is 2. The van der Waals surface area contributed by atoms with E-state index in [1.807, 2.05) is 44.5 Å². The van der Waals surface area contributed by atoms with Crippen LogP contribution in [0.25, 0.3) is 11.1 Å². The summed E-state index contributed by atoms with van der Waals surface area (Å²) in [6, 6.07) is 6.61. The number of carbonyl (C=O) groups is 2. The van der Waals surface area contributed by atoms with Gasteiger partial charge >= 0.3 is 0 Å². The number of benzene rings is 1. The molecule has 224 valence electrons. The Balaban J connectivity index is 1.74. The number of aryl methyl sites for hydroxylation is 2. The largest absolute Gasteiger partial charge is 0.493 e. The molecule has 0 bridgehead atoms. The highest BCUT2D eigenvalue weighted by molar-refractivity contribution is 5.95. The van der Waals surface area contributed by atoms with Gasteiger partial charge in [0.2, 0.25) is 23.0 Å². The van der Waals surface area contributed by atoms with Crippen LogP contribution >= 0.6 is 0 Å². The van der Waals surface area contributed by atoms with Crippen molar-refractivity contribution < 1.29 is 23.8 Å². The summed E-state index contributed by atoms with van der Waals surface area (Å²) < 4.78 is 18.9. The molecule has 1 aliphatic carbocycles. The Morgan fingerprint density at radius 2 is 1.79 bits per heavy atom. The van der Waals surface area contributed by atoms with E-state index in [0.717, 1.165) is 22.5 Å². The van der Waals surface area contributed by atoms with Crippen LogP contribution in [0.4, 0.5) is 11.4 Å². The van der Waals surface area contributed by atoms with E-state index < -0.39 is 6.04 Å². The Kier molecular flexibility index (Phi) is 9.08. The van der Waals surface area contributed by atoms with E-state index in [1.165, 1.54) is 20.1 Å². The summed E-state index contributed by atoms with van der Waals surface area (Å²) in [5.74, 6) is 0.904. The second-order valence-electron chi connectivity index (χ2n) is 10.6. The predicted molar refractivity (Wildman–Crippen MR) is 162 cm³/mol. The van der Waals surface area contributed by atoms with Gasteiger partial charge in [-0.15, -0.1) is 0 Å². The van der Waals surface area contributed by atoms with Crippen molar-refractivity contribution in [3.05, 3.63) is 57.0 Å².